The van der Waals surface area contributed by atoms with Crippen molar-refractivity contribution in [3.8, 4) is 0 Å². The summed E-state index contributed by atoms with van der Waals surface area (Å²) in [6.07, 6.45) is 3.10. The standard InChI is InChI=1S/C20H24N2O3/c1-6-22-19(25)15(10-21-22)17(23)14-9-11(2)13-7-8-20(4,5)18(24)16(13)12(14)3/h9-10,21H,6-8H2,1-5H3. The number of H-pyrrole nitrogens is 1. The van der Waals surface area contributed by atoms with Crippen LogP contribution in [0.15, 0.2) is 17.1 Å². The van der Waals surface area contributed by atoms with Crippen molar-refractivity contribution in [1.82, 2.24) is 9.78 Å². The smallest absolute Gasteiger partial charge is 0.277 e. The molecule has 0 bridgehead atoms. The first kappa shape index (κ1) is 17.4. The first-order valence-corrected chi connectivity index (χ1v) is 8.69. The molecule has 0 radical (unpaired) electrons. The fourth-order valence-corrected chi connectivity index (χ4v) is 3.68. The van der Waals surface area contributed by atoms with Gasteiger partial charge in [-0.15, -0.1) is 0 Å². The normalized spacial score (nSPS) is 16.0. The Labute approximate surface area is 147 Å². The van der Waals surface area contributed by atoms with Crippen LogP contribution in [0.4, 0.5) is 0 Å². The summed E-state index contributed by atoms with van der Waals surface area (Å²) >= 11 is 0. The van der Waals surface area contributed by atoms with E-state index in [4.69, 9.17) is 0 Å². The van der Waals surface area contributed by atoms with Crippen LogP contribution in [-0.2, 0) is 13.0 Å². The molecule has 0 aliphatic heterocycles. The van der Waals surface area contributed by atoms with E-state index in [9.17, 15) is 14.4 Å². The average molecular weight is 340 g/mol. The number of hydrogen-bond acceptors (Lipinski definition) is 3. The number of nitrogens with zero attached hydrogens (tertiary/aromatic N) is 1. The van der Waals surface area contributed by atoms with Crippen molar-refractivity contribution in [2.45, 2.75) is 54.0 Å². The molecule has 25 heavy (non-hydrogen) atoms. The van der Waals surface area contributed by atoms with Gasteiger partial charge in [0.2, 0.25) is 0 Å². The van der Waals surface area contributed by atoms with E-state index in [1.54, 1.807) is 0 Å². The van der Waals surface area contributed by atoms with E-state index in [0.29, 0.717) is 23.2 Å². The molecule has 0 fully saturated rings. The van der Waals surface area contributed by atoms with Crippen LogP contribution < -0.4 is 5.56 Å². The van der Waals surface area contributed by atoms with Crippen molar-refractivity contribution in [2.24, 2.45) is 5.41 Å². The molecule has 1 aromatic heterocycles. The topological polar surface area (TPSA) is 71.9 Å². The Morgan fingerprint density at radius 1 is 1.24 bits per heavy atom. The number of nitrogens with one attached hydrogen (secondary N) is 1. The van der Waals surface area contributed by atoms with E-state index in [2.05, 4.69) is 5.10 Å². The zero-order valence-corrected chi connectivity index (χ0v) is 15.4. The molecule has 1 aromatic carbocycles. The fourth-order valence-electron chi connectivity index (χ4n) is 3.68. The molecule has 0 saturated carbocycles. The Kier molecular flexibility index (Phi) is 4.06. The minimum absolute atomic E-state index is 0.0871. The van der Waals surface area contributed by atoms with E-state index in [0.717, 1.165) is 24.0 Å². The quantitative estimate of drug-likeness (QED) is 0.872. The molecule has 0 unspecified atom stereocenters. The lowest BCUT2D eigenvalue weighted by atomic mass is 9.70. The van der Waals surface area contributed by atoms with Crippen LogP contribution >= 0.6 is 0 Å². The zero-order valence-electron chi connectivity index (χ0n) is 15.4. The van der Waals surface area contributed by atoms with Crippen LogP contribution in [0.5, 0.6) is 0 Å². The van der Waals surface area contributed by atoms with E-state index < -0.39 is 5.41 Å². The molecule has 5 heteroatoms. The second-order valence-corrected chi connectivity index (χ2v) is 7.50. The van der Waals surface area contributed by atoms with Gasteiger partial charge in [0.1, 0.15) is 5.56 Å². The van der Waals surface area contributed by atoms with Crippen LogP contribution in [-0.4, -0.2) is 21.3 Å². The molecule has 1 aliphatic rings. The molecule has 0 saturated heterocycles. The van der Waals surface area contributed by atoms with Gasteiger partial charge in [0.05, 0.1) is 0 Å². The molecule has 1 heterocycles. The number of hydrogen-bond donors (Lipinski definition) is 1. The third-order valence-electron chi connectivity index (χ3n) is 5.41. The Hall–Kier alpha value is -2.43. The second kappa shape index (κ2) is 5.83. The van der Waals surface area contributed by atoms with E-state index in [1.807, 2.05) is 40.7 Å². The molecule has 0 amide bonds. The molecule has 132 valence electrons. The van der Waals surface area contributed by atoms with Gasteiger partial charge in [-0.3, -0.25) is 19.1 Å². The maximum Gasteiger partial charge on any atom is 0.277 e. The van der Waals surface area contributed by atoms with Gasteiger partial charge in [-0.05, 0) is 56.4 Å². The number of aromatic amines is 1. The third kappa shape index (κ3) is 2.58. The van der Waals surface area contributed by atoms with E-state index in [-0.39, 0.29) is 22.7 Å². The predicted molar refractivity (Wildman–Crippen MR) is 96.5 cm³/mol. The Morgan fingerprint density at radius 3 is 2.52 bits per heavy atom. The summed E-state index contributed by atoms with van der Waals surface area (Å²) in [7, 11) is 0. The van der Waals surface area contributed by atoms with Crippen LogP contribution in [0.1, 0.15) is 70.2 Å². The van der Waals surface area contributed by atoms with Gasteiger partial charge in [0.25, 0.3) is 5.56 Å². The lowest BCUT2D eigenvalue weighted by Crippen LogP contribution is -2.32. The van der Waals surface area contributed by atoms with Crippen molar-refractivity contribution in [3.63, 3.8) is 0 Å². The number of benzene rings is 1. The molecule has 3 rings (SSSR count). The summed E-state index contributed by atoms with van der Waals surface area (Å²) < 4.78 is 1.39. The summed E-state index contributed by atoms with van der Waals surface area (Å²) in [6, 6.07) is 1.82. The Morgan fingerprint density at radius 2 is 1.92 bits per heavy atom. The van der Waals surface area contributed by atoms with Crippen LogP contribution in [0, 0.1) is 19.3 Å². The summed E-state index contributed by atoms with van der Waals surface area (Å²) in [5.74, 6) is -0.239. The van der Waals surface area contributed by atoms with Gasteiger partial charge < -0.3 is 5.10 Å². The van der Waals surface area contributed by atoms with Gasteiger partial charge >= 0.3 is 0 Å². The van der Waals surface area contributed by atoms with Gasteiger partial charge in [0, 0.05) is 29.3 Å². The number of rotatable bonds is 3. The number of fused-ring (bicyclic) bond motifs is 1. The van der Waals surface area contributed by atoms with Crippen LogP contribution in [0.2, 0.25) is 0 Å². The van der Waals surface area contributed by atoms with E-state index in [1.165, 1.54) is 10.9 Å². The number of carbonyl (C=O) groups excluding carboxylic acids is 2. The highest BCUT2D eigenvalue weighted by atomic mass is 16.2. The summed E-state index contributed by atoms with van der Waals surface area (Å²) in [5.41, 5.74) is 3.16. The highest BCUT2D eigenvalue weighted by Gasteiger charge is 2.37. The van der Waals surface area contributed by atoms with Gasteiger partial charge in [-0.2, -0.15) is 0 Å². The molecule has 5 nitrogen and oxygen atoms in total. The molecule has 1 N–H and O–H groups in total. The predicted octanol–water partition coefficient (Wildman–Crippen LogP) is 3.20. The minimum atomic E-state index is -0.422. The zero-order chi connectivity index (χ0) is 18.5. The number of aromatic nitrogens is 2. The number of aryl methyl sites for hydroxylation is 2. The Balaban J connectivity index is 2.19. The van der Waals surface area contributed by atoms with Gasteiger partial charge in [-0.25, -0.2) is 0 Å². The fraction of sp³-hybridized carbons (Fsp3) is 0.450. The SMILES string of the molecule is CCn1[nH]cc(C(=O)c2cc(C)c3c(c2C)C(=O)C(C)(C)CC3)c1=O. The van der Waals surface area contributed by atoms with Crippen molar-refractivity contribution < 1.29 is 9.59 Å². The van der Waals surface area contributed by atoms with Crippen molar-refractivity contribution >= 4 is 11.6 Å². The largest absolute Gasteiger partial charge is 0.302 e. The number of ketones is 2. The lowest BCUT2D eigenvalue weighted by molar-refractivity contribution is 0.0810. The van der Waals surface area contributed by atoms with Crippen molar-refractivity contribution in [1.29, 1.82) is 0 Å². The van der Waals surface area contributed by atoms with Gasteiger partial charge in [-0.1, -0.05) is 13.8 Å². The first-order valence-electron chi connectivity index (χ1n) is 8.69. The molecule has 1 aliphatic carbocycles. The molecule has 0 atom stereocenters. The molecule has 2 aromatic rings. The van der Waals surface area contributed by atoms with Crippen molar-refractivity contribution in [2.75, 3.05) is 0 Å². The first-order chi connectivity index (χ1) is 11.7. The van der Waals surface area contributed by atoms with Crippen molar-refractivity contribution in [3.05, 3.63) is 56.0 Å². The average Bonchev–Trinajstić information content (AvgIpc) is 2.93. The van der Waals surface area contributed by atoms with Crippen LogP contribution in [0.3, 0.4) is 0 Å². The third-order valence-corrected chi connectivity index (χ3v) is 5.41. The van der Waals surface area contributed by atoms with Crippen LogP contribution in [0.25, 0.3) is 0 Å². The monoisotopic (exact) mass is 340 g/mol. The molecular weight excluding hydrogens is 316 g/mol. The maximum atomic E-state index is 13.0. The lowest BCUT2D eigenvalue weighted by Gasteiger charge is -2.32. The molecule has 0 spiro atoms. The highest BCUT2D eigenvalue weighted by molar-refractivity contribution is 6.13. The second-order valence-electron chi connectivity index (χ2n) is 7.50. The molecular formula is C20H24N2O3. The maximum absolute atomic E-state index is 13.0. The highest BCUT2D eigenvalue weighted by Crippen LogP contribution is 2.38. The van der Waals surface area contributed by atoms with E-state index >= 15 is 0 Å². The van der Waals surface area contributed by atoms with Gasteiger partial charge in [0.15, 0.2) is 11.6 Å². The number of carbonyl (C=O) groups is 2. The minimum Gasteiger partial charge on any atom is -0.302 e. The Bertz CT molecular complexity index is 945. The summed E-state index contributed by atoms with van der Waals surface area (Å²) in [4.78, 5) is 38.2. The summed E-state index contributed by atoms with van der Waals surface area (Å²) in [6.45, 7) is 9.96. The number of Topliss-reactive ketones (excluding diaryl/α,β-unsaturated/α-hetero) is 1. The summed E-state index contributed by atoms with van der Waals surface area (Å²) in [5, 5.41) is 2.81.